The number of ether oxygens (including phenoxy) is 1. The maximum absolute atomic E-state index is 13.5. The molecule has 1 fully saturated rings. The summed E-state index contributed by atoms with van der Waals surface area (Å²) in [7, 11) is 1.59. The zero-order chi connectivity index (χ0) is 19.6. The average Bonchev–Trinajstić information content (AvgIpc) is 2.95. The van der Waals surface area contributed by atoms with Gasteiger partial charge in [0.1, 0.15) is 5.82 Å². The van der Waals surface area contributed by atoms with Gasteiger partial charge >= 0.3 is 0 Å². The van der Waals surface area contributed by atoms with E-state index in [9.17, 15) is 4.39 Å². The van der Waals surface area contributed by atoms with Crippen LogP contribution in [0.3, 0.4) is 0 Å². The Hall–Kier alpha value is -1.79. The molecule has 0 aliphatic carbocycles. The van der Waals surface area contributed by atoms with E-state index in [4.69, 9.17) is 21.3 Å². The highest BCUT2D eigenvalue weighted by Gasteiger charge is 2.43. The second-order valence-electron chi connectivity index (χ2n) is 6.98. The molecule has 0 unspecified atom stereocenters. The number of hydrogen-bond donors (Lipinski definition) is 0. The Morgan fingerprint density at radius 3 is 2.78 bits per heavy atom. The number of nitrogens with zero attached hydrogens (tertiary/aromatic N) is 3. The third kappa shape index (κ3) is 4.06. The fourth-order valence-electron chi connectivity index (χ4n) is 3.51. The van der Waals surface area contributed by atoms with E-state index in [1.54, 1.807) is 37.2 Å². The van der Waals surface area contributed by atoms with Crippen molar-refractivity contribution in [2.75, 3.05) is 26.5 Å². The predicted octanol–water partition coefficient (Wildman–Crippen LogP) is 5.14. The summed E-state index contributed by atoms with van der Waals surface area (Å²) in [5, 5.41) is 1.41. The molecule has 0 amide bonds. The maximum atomic E-state index is 13.5. The first kappa shape index (κ1) is 20.0. The largest absolute Gasteiger partial charge is 0.481 e. The van der Waals surface area contributed by atoms with E-state index >= 15 is 0 Å². The van der Waals surface area contributed by atoms with Gasteiger partial charge < -0.3 is 9.64 Å². The maximum Gasteiger partial charge on any atom is 0.213 e. The van der Waals surface area contributed by atoms with Gasteiger partial charge in [0, 0.05) is 29.6 Å². The number of hydrogen-bond acceptors (Lipinski definition) is 4. The lowest BCUT2D eigenvalue weighted by atomic mass is 9.75. The number of methoxy groups -OCH3 is 1. The molecule has 1 aliphatic heterocycles. The van der Waals surface area contributed by atoms with Crippen LogP contribution in [0, 0.1) is 11.7 Å². The van der Waals surface area contributed by atoms with Crippen molar-refractivity contribution < 1.29 is 9.13 Å². The number of pyridine rings is 1. The molecule has 4 nitrogen and oxygen atoms in total. The lowest BCUT2D eigenvalue weighted by Crippen LogP contribution is -2.33. The molecule has 0 N–H and O–H groups in total. The molecule has 7 heteroatoms. The van der Waals surface area contributed by atoms with Gasteiger partial charge in [0.05, 0.1) is 19.0 Å². The zero-order valence-electron chi connectivity index (χ0n) is 15.9. The molecule has 144 valence electrons. The lowest BCUT2D eigenvalue weighted by Gasteiger charge is -2.30. The van der Waals surface area contributed by atoms with Crippen LogP contribution in [0.5, 0.6) is 5.88 Å². The van der Waals surface area contributed by atoms with Gasteiger partial charge in [0.15, 0.2) is 5.17 Å². The Morgan fingerprint density at radius 2 is 2.19 bits per heavy atom. The number of halogens is 2. The minimum Gasteiger partial charge on any atom is -0.481 e. The Labute approximate surface area is 168 Å². The zero-order valence-corrected chi connectivity index (χ0v) is 17.4. The van der Waals surface area contributed by atoms with Gasteiger partial charge in [-0.2, -0.15) is 0 Å². The summed E-state index contributed by atoms with van der Waals surface area (Å²) in [6, 6.07) is 8.36. The fraction of sp³-hybridized carbons (Fsp3) is 0.400. The van der Waals surface area contributed by atoms with E-state index < -0.39 is 0 Å². The number of aliphatic imine (C=N–C) groups is 1. The molecule has 3 rings (SSSR count). The molecular weight excluding hydrogens is 385 g/mol. The quantitative estimate of drug-likeness (QED) is 0.521. The average molecular weight is 408 g/mol. The molecule has 0 saturated carbocycles. The number of rotatable bonds is 3. The van der Waals surface area contributed by atoms with Crippen LogP contribution in [0.15, 0.2) is 41.5 Å². The lowest BCUT2D eigenvalue weighted by molar-refractivity contribution is 0.398. The molecular formula is C20H23ClFN3OS. The minimum absolute atomic E-state index is 0.181. The SMILES string of the molecule is COc1ccc(/N=C(/SC)N2C[C@H](C)[C@@](C)(c3ccc(F)cc3Cl)C2)cn1. The van der Waals surface area contributed by atoms with Crippen molar-refractivity contribution in [3.05, 3.63) is 52.9 Å². The van der Waals surface area contributed by atoms with Crippen LogP contribution in [0.2, 0.25) is 5.02 Å². The van der Waals surface area contributed by atoms with Crippen molar-refractivity contribution in [1.29, 1.82) is 0 Å². The van der Waals surface area contributed by atoms with Gasteiger partial charge in [0.2, 0.25) is 5.88 Å². The Kier molecular flexibility index (Phi) is 5.96. The molecule has 2 heterocycles. The predicted molar refractivity (Wildman–Crippen MR) is 111 cm³/mol. The highest BCUT2D eigenvalue weighted by molar-refractivity contribution is 8.13. The van der Waals surface area contributed by atoms with E-state index in [1.807, 2.05) is 12.3 Å². The second-order valence-corrected chi connectivity index (χ2v) is 8.16. The van der Waals surface area contributed by atoms with E-state index in [0.29, 0.717) is 16.8 Å². The molecule has 27 heavy (non-hydrogen) atoms. The van der Waals surface area contributed by atoms with Crippen LogP contribution in [0.25, 0.3) is 0 Å². The minimum atomic E-state index is -0.312. The summed E-state index contributed by atoms with van der Waals surface area (Å²) in [6.45, 7) is 6.01. The van der Waals surface area contributed by atoms with Gasteiger partial charge in [-0.05, 0) is 35.9 Å². The molecule has 0 spiro atoms. The fourth-order valence-corrected chi connectivity index (χ4v) is 4.49. The molecule has 0 bridgehead atoms. The molecule has 2 atom stereocenters. The van der Waals surface area contributed by atoms with Crippen molar-refractivity contribution in [3.63, 3.8) is 0 Å². The van der Waals surface area contributed by atoms with Crippen LogP contribution >= 0.6 is 23.4 Å². The molecule has 0 radical (unpaired) electrons. The van der Waals surface area contributed by atoms with Crippen LogP contribution in [0.1, 0.15) is 19.4 Å². The van der Waals surface area contributed by atoms with Gasteiger partial charge in [-0.15, -0.1) is 0 Å². The van der Waals surface area contributed by atoms with Crippen molar-refractivity contribution >= 4 is 34.2 Å². The van der Waals surface area contributed by atoms with Gasteiger partial charge in [-0.3, -0.25) is 0 Å². The first-order valence-electron chi connectivity index (χ1n) is 8.70. The molecule has 2 aromatic rings. The van der Waals surface area contributed by atoms with E-state index in [-0.39, 0.29) is 11.2 Å². The van der Waals surface area contributed by atoms with Crippen LogP contribution in [-0.4, -0.2) is 41.5 Å². The van der Waals surface area contributed by atoms with Crippen molar-refractivity contribution in [2.24, 2.45) is 10.9 Å². The number of likely N-dealkylation sites (tertiary alicyclic amines) is 1. The topological polar surface area (TPSA) is 37.7 Å². The van der Waals surface area contributed by atoms with Gasteiger partial charge in [-0.1, -0.05) is 43.3 Å². The highest BCUT2D eigenvalue weighted by Crippen LogP contribution is 2.42. The Morgan fingerprint density at radius 1 is 1.41 bits per heavy atom. The first-order chi connectivity index (χ1) is 12.9. The van der Waals surface area contributed by atoms with Gasteiger partial charge in [0.25, 0.3) is 0 Å². The number of benzene rings is 1. The van der Waals surface area contributed by atoms with Crippen LogP contribution in [-0.2, 0) is 5.41 Å². The number of aromatic nitrogens is 1. The summed E-state index contributed by atoms with van der Waals surface area (Å²) in [5.41, 5.74) is 1.58. The van der Waals surface area contributed by atoms with Crippen LogP contribution in [0.4, 0.5) is 10.1 Å². The summed E-state index contributed by atoms with van der Waals surface area (Å²) >= 11 is 7.97. The van der Waals surface area contributed by atoms with Crippen molar-refractivity contribution in [1.82, 2.24) is 9.88 Å². The summed E-state index contributed by atoms with van der Waals surface area (Å²) in [6.07, 6.45) is 3.71. The monoisotopic (exact) mass is 407 g/mol. The summed E-state index contributed by atoms with van der Waals surface area (Å²) in [5.74, 6) is 0.591. The number of thioether (sulfide) groups is 1. The molecule has 1 aliphatic rings. The van der Waals surface area contributed by atoms with Crippen molar-refractivity contribution in [3.8, 4) is 5.88 Å². The third-order valence-electron chi connectivity index (χ3n) is 5.26. The highest BCUT2D eigenvalue weighted by atomic mass is 35.5. The Balaban J connectivity index is 1.87. The van der Waals surface area contributed by atoms with Crippen molar-refractivity contribution in [2.45, 2.75) is 19.3 Å². The number of amidine groups is 1. The standard InChI is InChI=1S/C20H23ClFN3OS/c1-13-11-25(12-20(13,2)16-7-5-14(22)9-17(16)21)19(27-4)24-15-6-8-18(26-3)23-10-15/h5-10,13H,11-12H2,1-4H3/b24-19+/t13-,20-/m0/s1. The Bertz CT molecular complexity index is 846. The summed E-state index contributed by atoms with van der Waals surface area (Å²) in [4.78, 5) is 11.2. The molecule has 1 aromatic carbocycles. The van der Waals surface area contributed by atoms with E-state index in [0.717, 1.165) is 29.5 Å². The molecule has 1 aromatic heterocycles. The molecule has 1 saturated heterocycles. The normalized spacial score (nSPS) is 23.0. The second kappa shape index (κ2) is 8.07. The van der Waals surface area contributed by atoms with Gasteiger partial charge in [-0.25, -0.2) is 14.4 Å². The van der Waals surface area contributed by atoms with E-state index in [2.05, 4.69) is 23.7 Å². The van der Waals surface area contributed by atoms with E-state index in [1.165, 1.54) is 12.1 Å². The smallest absolute Gasteiger partial charge is 0.213 e. The summed E-state index contributed by atoms with van der Waals surface area (Å²) < 4.78 is 18.6. The third-order valence-corrected chi connectivity index (χ3v) is 6.28. The first-order valence-corrected chi connectivity index (χ1v) is 10.3. The van der Waals surface area contributed by atoms with Crippen LogP contribution < -0.4 is 4.74 Å².